The van der Waals surface area contributed by atoms with Crippen LogP contribution < -0.4 is 5.32 Å². The molecule has 3 nitrogen and oxygen atoms in total. The van der Waals surface area contributed by atoms with Gasteiger partial charge in [0.1, 0.15) is 5.03 Å². The lowest BCUT2D eigenvalue weighted by atomic mass is 10.1. The lowest BCUT2D eigenvalue weighted by Crippen LogP contribution is -2.23. The van der Waals surface area contributed by atoms with E-state index in [1.807, 2.05) is 30.3 Å². The van der Waals surface area contributed by atoms with E-state index in [2.05, 4.69) is 5.32 Å². The molecule has 76 valence electrons. The number of hydrogen-bond donors (Lipinski definition) is 1. The van der Waals surface area contributed by atoms with Crippen molar-refractivity contribution in [2.24, 2.45) is 0 Å². The van der Waals surface area contributed by atoms with Crippen molar-refractivity contribution in [2.75, 3.05) is 0 Å². The molecule has 1 heterocycles. The molecule has 15 heavy (non-hydrogen) atoms. The molecule has 0 unspecified atom stereocenters. The number of carbonyl (C=O) groups is 2. The summed E-state index contributed by atoms with van der Waals surface area (Å²) in [5.41, 5.74) is 1.29. The van der Waals surface area contributed by atoms with Crippen molar-refractivity contribution in [3.8, 4) is 0 Å². The van der Waals surface area contributed by atoms with Crippen LogP contribution in [0.3, 0.4) is 0 Å². The Hall–Kier alpha value is -1.61. The molecule has 1 aliphatic heterocycles. The minimum Gasteiger partial charge on any atom is -0.288 e. The Morgan fingerprint density at radius 3 is 2.27 bits per heavy atom. The Morgan fingerprint density at radius 2 is 1.73 bits per heavy atom. The number of amides is 2. The minimum absolute atomic E-state index is 0.00357. The monoisotopic (exact) mass is 221 g/mol. The van der Waals surface area contributed by atoms with E-state index in [1.165, 1.54) is 0 Å². The van der Waals surface area contributed by atoms with Crippen molar-refractivity contribution in [1.29, 1.82) is 0 Å². The standard InChI is InChI=1S/C11H8ClNO2/c12-9-8(10(14)13-11(9)15)6-7-4-2-1-3-5-7/h1-5H,6H2,(H,13,14,15). The summed E-state index contributed by atoms with van der Waals surface area (Å²) < 4.78 is 0. The van der Waals surface area contributed by atoms with E-state index in [-0.39, 0.29) is 5.03 Å². The first-order valence-electron chi connectivity index (χ1n) is 4.47. The first-order chi connectivity index (χ1) is 7.18. The zero-order valence-electron chi connectivity index (χ0n) is 7.79. The van der Waals surface area contributed by atoms with Crippen LogP contribution in [0.15, 0.2) is 40.9 Å². The molecule has 0 radical (unpaired) electrons. The Kier molecular flexibility index (Phi) is 2.56. The third-order valence-electron chi connectivity index (χ3n) is 2.19. The maximum absolute atomic E-state index is 11.3. The highest BCUT2D eigenvalue weighted by atomic mass is 35.5. The van der Waals surface area contributed by atoms with Crippen molar-refractivity contribution in [3.63, 3.8) is 0 Å². The maximum Gasteiger partial charge on any atom is 0.270 e. The van der Waals surface area contributed by atoms with Gasteiger partial charge in [-0.05, 0) is 5.56 Å². The van der Waals surface area contributed by atoms with Crippen LogP contribution in [-0.2, 0) is 16.0 Å². The minimum atomic E-state index is -0.507. The average Bonchev–Trinajstić information content (AvgIpc) is 2.47. The number of hydrogen-bond acceptors (Lipinski definition) is 2. The number of rotatable bonds is 2. The lowest BCUT2D eigenvalue weighted by molar-refractivity contribution is -0.124. The first kappa shape index (κ1) is 9.93. The van der Waals surface area contributed by atoms with Gasteiger partial charge in [-0.2, -0.15) is 0 Å². The summed E-state index contributed by atoms with van der Waals surface area (Å²) in [6, 6.07) is 9.40. The summed E-state index contributed by atoms with van der Waals surface area (Å²) in [5.74, 6) is -0.901. The molecule has 0 fully saturated rings. The van der Waals surface area contributed by atoms with Gasteiger partial charge in [0.05, 0.1) is 0 Å². The number of halogens is 1. The van der Waals surface area contributed by atoms with Gasteiger partial charge in [-0.25, -0.2) is 0 Å². The Labute approximate surface area is 91.7 Å². The van der Waals surface area contributed by atoms with Crippen molar-refractivity contribution in [3.05, 3.63) is 46.5 Å². The van der Waals surface area contributed by atoms with Gasteiger partial charge in [-0.1, -0.05) is 41.9 Å². The molecular formula is C11H8ClNO2. The van der Waals surface area contributed by atoms with Gasteiger partial charge < -0.3 is 0 Å². The van der Waals surface area contributed by atoms with Crippen LogP contribution in [0.25, 0.3) is 0 Å². The van der Waals surface area contributed by atoms with Gasteiger partial charge in [0.15, 0.2) is 0 Å². The van der Waals surface area contributed by atoms with E-state index >= 15 is 0 Å². The summed E-state index contributed by atoms with van der Waals surface area (Å²) >= 11 is 5.72. The molecule has 1 aromatic carbocycles. The van der Waals surface area contributed by atoms with E-state index in [1.54, 1.807) is 0 Å². The number of benzene rings is 1. The highest BCUT2D eigenvalue weighted by Gasteiger charge is 2.28. The molecule has 2 rings (SSSR count). The van der Waals surface area contributed by atoms with Crippen molar-refractivity contribution >= 4 is 23.4 Å². The molecule has 1 aliphatic rings. The van der Waals surface area contributed by atoms with Crippen molar-refractivity contribution in [1.82, 2.24) is 5.32 Å². The molecule has 0 bridgehead atoms. The Balaban J connectivity index is 2.27. The lowest BCUT2D eigenvalue weighted by Gasteiger charge is -1.99. The van der Waals surface area contributed by atoms with Gasteiger partial charge in [0.25, 0.3) is 11.8 Å². The molecule has 0 aromatic heterocycles. The van der Waals surface area contributed by atoms with Gasteiger partial charge in [0, 0.05) is 12.0 Å². The van der Waals surface area contributed by atoms with Gasteiger partial charge >= 0.3 is 0 Å². The summed E-state index contributed by atoms with van der Waals surface area (Å²) in [6.07, 6.45) is 0.386. The molecule has 0 saturated heterocycles. The van der Waals surface area contributed by atoms with E-state index < -0.39 is 11.8 Å². The van der Waals surface area contributed by atoms with E-state index in [0.717, 1.165) is 5.56 Å². The number of nitrogens with one attached hydrogen (secondary N) is 1. The highest BCUT2D eigenvalue weighted by molar-refractivity contribution is 6.48. The van der Waals surface area contributed by atoms with Gasteiger partial charge in [0.2, 0.25) is 0 Å². The van der Waals surface area contributed by atoms with Crippen molar-refractivity contribution < 1.29 is 9.59 Å². The van der Waals surface area contributed by atoms with Crippen LogP contribution in [0.2, 0.25) is 0 Å². The molecule has 2 amide bonds. The van der Waals surface area contributed by atoms with Crippen LogP contribution in [-0.4, -0.2) is 11.8 Å². The van der Waals surface area contributed by atoms with E-state index in [4.69, 9.17) is 11.6 Å². The third-order valence-corrected chi connectivity index (χ3v) is 2.59. The molecular weight excluding hydrogens is 214 g/mol. The van der Waals surface area contributed by atoms with Crippen molar-refractivity contribution in [2.45, 2.75) is 6.42 Å². The van der Waals surface area contributed by atoms with Crippen LogP contribution in [0.4, 0.5) is 0 Å². The second-order valence-corrected chi connectivity index (χ2v) is 3.62. The van der Waals surface area contributed by atoms with Gasteiger partial charge in [-0.15, -0.1) is 0 Å². The van der Waals surface area contributed by atoms with E-state index in [9.17, 15) is 9.59 Å². The SMILES string of the molecule is O=C1NC(=O)C(Cc2ccccc2)=C1Cl. The fraction of sp³-hybridized carbons (Fsp3) is 0.0909. The zero-order valence-corrected chi connectivity index (χ0v) is 8.54. The quantitative estimate of drug-likeness (QED) is 0.767. The second kappa shape index (κ2) is 3.87. The molecule has 1 N–H and O–H groups in total. The predicted molar refractivity (Wildman–Crippen MR) is 56.2 cm³/mol. The molecule has 0 aliphatic carbocycles. The Morgan fingerprint density at radius 1 is 1.07 bits per heavy atom. The van der Waals surface area contributed by atoms with Crippen LogP contribution in [0.1, 0.15) is 5.56 Å². The topological polar surface area (TPSA) is 46.2 Å². The fourth-order valence-corrected chi connectivity index (χ4v) is 1.63. The summed E-state index contributed by atoms with van der Waals surface area (Å²) in [6.45, 7) is 0. The average molecular weight is 222 g/mol. The largest absolute Gasteiger partial charge is 0.288 e. The maximum atomic E-state index is 11.3. The number of carbonyl (C=O) groups excluding carboxylic acids is 2. The zero-order chi connectivity index (χ0) is 10.8. The summed E-state index contributed by atoms with van der Waals surface area (Å²) in [4.78, 5) is 22.4. The van der Waals surface area contributed by atoms with E-state index in [0.29, 0.717) is 12.0 Å². The summed E-state index contributed by atoms with van der Waals surface area (Å²) in [5, 5.41) is 2.16. The molecule has 0 spiro atoms. The molecule has 1 aromatic rings. The normalized spacial score (nSPS) is 15.8. The van der Waals surface area contributed by atoms with Crippen LogP contribution in [0.5, 0.6) is 0 Å². The smallest absolute Gasteiger partial charge is 0.270 e. The second-order valence-electron chi connectivity index (χ2n) is 3.24. The number of imide groups is 1. The van der Waals surface area contributed by atoms with Crippen LogP contribution in [0, 0.1) is 0 Å². The molecule has 4 heteroatoms. The van der Waals surface area contributed by atoms with Gasteiger partial charge in [-0.3, -0.25) is 14.9 Å². The molecule has 0 atom stereocenters. The van der Waals surface area contributed by atoms with Crippen LogP contribution >= 0.6 is 11.6 Å². The fourth-order valence-electron chi connectivity index (χ4n) is 1.43. The third kappa shape index (κ3) is 1.92. The highest BCUT2D eigenvalue weighted by Crippen LogP contribution is 2.20. The summed E-state index contributed by atoms with van der Waals surface area (Å²) in [7, 11) is 0. The predicted octanol–water partition coefficient (Wildman–Crippen LogP) is 1.38. The molecule has 0 saturated carbocycles. The first-order valence-corrected chi connectivity index (χ1v) is 4.84. The Bertz CT molecular complexity index is 451.